The predicted octanol–water partition coefficient (Wildman–Crippen LogP) is 5.07. The van der Waals surface area contributed by atoms with Crippen molar-refractivity contribution in [3.63, 3.8) is 0 Å². The molecular formula is C15H12BrF3O. The van der Waals surface area contributed by atoms with Gasteiger partial charge in [-0.3, -0.25) is 0 Å². The Balaban J connectivity index is 2.02. The minimum Gasteiger partial charge on any atom is -0.406 e. The summed E-state index contributed by atoms with van der Waals surface area (Å²) in [5.41, 5.74) is 3.23. The van der Waals surface area contributed by atoms with Gasteiger partial charge in [0.1, 0.15) is 5.75 Å². The maximum Gasteiger partial charge on any atom is 0.573 e. The van der Waals surface area contributed by atoms with Crippen LogP contribution in [0.1, 0.15) is 16.7 Å². The van der Waals surface area contributed by atoms with Crippen LogP contribution in [0, 0.1) is 0 Å². The topological polar surface area (TPSA) is 9.23 Å². The second-order valence-corrected chi connectivity index (χ2v) is 4.88. The second-order valence-electron chi connectivity index (χ2n) is 4.32. The van der Waals surface area contributed by atoms with Crippen LogP contribution in [0.4, 0.5) is 13.2 Å². The highest BCUT2D eigenvalue weighted by molar-refractivity contribution is 9.08. The van der Waals surface area contributed by atoms with E-state index >= 15 is 0 Å². The smallest absolute Gasteiger partial charge is 0.406 e. The molecular weight excluding hydrogens is 333 g/mol. The molecule has 0 aliphatic carbocycles. The summed E-state index contributed by atoms with van der Waals surface area (Å²) < 4.78 is 39.9. The van der Waals surface area contributed by atoms with Gasteiger partial charge in [0.15, 0.2) is 0 Å². The standard InChI is InChI=1S/C15H12BrF3O/c16-10-13-3-1-11(2-4-13)9-12-5-7-14(8-6-12)20-15(17,18)19/h1-8H,9-10H2. The van der Waals surface area contributed by atoms with Gasteiger partial charge in [0, 0.05) is 5.33 Å². The number of ether oxygens (including phenoxy) is 1. The van der Waals surface area contributed by atoms with Crippen LogP contribution < -0.4 is 4.74 Å². The number of alkyl halides is 4. The molecule has 20 heavy (non-hydrogen) atoms. The minimum atomic E-state index is -4.65. The molecule has 2 rings (SSSR count). The van der Waals surface area contributed by atoms with Gasteiger partial charge in [0.2, 0.25) is 0 Å². The van der Waals surface area contributed by atoms with Gasteiger partial charge in [-0.1, -0.05) is 52.3 Å². The Labute approximate surface area is 123 Å². The van der Waals surface area contributed by atoms with E-state index in [0.717, 1.165) is 16.5 Å². The molecule has 0 fully saturated rings. The van der Waals surface area contributed by atoms with Crippen molar-refractivity contribution in [1.29, 1.82) is 0 Å². The summed E-state index contributed by atoms with van der Waals surface area (Å²) in [7, 11) is 0. The van der Waals surface area contributed by atoms with Crippen LogP contribution in [0.25, 0.3) is 0 Å². The lowest BCUT2D eigenvalue weighted by Gasteiger charge is -2.09. The van der Waals surface area contributed by atoms with E-state index in [-0.39, 0.29) is 5.75 Å². The van der Waals surface area contributed by atoms with Gasteiger partial charge >= 0.3 is 6.36 Å². The highest BCUT2D eigenvalue weighted by Crippen LogP contribution is 2.23. The molecule has 0 amide bonds. The monoisotopic (exact) mass is 344 g/mol. The first-order chi connectivity index (χ1) is 9.46. The van der Waals surface area contributed by atoms with Gasteiger partial charge in [-0.2, -0.15) is 0 Å². The van der Waals surface area contributed by atoms with Crippen molar-refractivity contribution < 1.29 is 17.9 Å². The lowest BCUT2D eigenvalue weighted by atomic mass is 10.0. The first-order valence-corrected chi connectivity index (χ1v) is 7.07. The Morgan fingerprint density at radius 1 is 0.800 bits per heavy atom. The molecule has 1 nitrogen and oxygen atoms in total. The zero-order valence-electron chi connectivity index (χ0n) is 10.5. The summed E-state index contributed by atoms with van der Waals surface area (Å²) in [5.74, 6) is -0.198. The van der Waals surface area contributed by atoms with Gasteiger partial charge in [-0.15, -0.1) is 13.2 Å². The molecule has 0 radical (unpaired) electrons. The first-order valence-electron chi connectivity index (χ1n) is 5.95. The normalized spacial score (nSPS) is 11.4. The molecule has 0 aromatic heterocycles. The van der Waals surface area contributed by atoms with Gasteiger partial charge in [-0.05, 0) is 35.2 Å². The molecule has 2 aromatic rings. The third kappa shape index (κ3) is 4.56. The van der Waals surface area contributed by atoms with E-state index in [9.17, 15) is 13.2 Å². The number of hydrogen-bond acceptors (Lipinski definition) is 1. The molecule has 0 unspecified atom stereocenters. The minimum absolute atomic E-state index is 0.198. The van der Waals surface area contributed by atoms with Gasteiger partial charge in [0.25, 0.3) is 0 Å². The number of hydrogen-bond donors (Lipinski definition) is 0. The van der Waals surface area contributed by atoms with Crippen LogP contribution in [0.2, 0.25) is 0 Å². The van der Waals surface area contributed by atoms with Crippen LogP contribution in [0.3, 0.4) is 0 Å². The maximum absolute atomic E-state index is 12.0. The predicted molar refractivity (Wildman–Crippen MR) is 75.0 cm³/mol. The summed E-state index contributed by atoms with van der Waals surface area (Å²) >= 11 is 3.37. The Bertz CT molecular complexity index is 547. The average Bonchev–Trinajstić information content (AvgIpc) is 2.40. The van der Waals surface area contributed by atoms with E-state index in [1.165, 1.54) is 17.7 Å². The van der Waals surface area contributed by atoms with Crippen LogP contribution in [0.15, 0.2) is 48.5 Å². The van der Waals surface area contributed by atoms with Gasteiger partial charge in [0.05, 0.1) is 0 Å². The van der Waals surface area contributed by atoms with Gasteiger partial charge < -0.3 is 4.74 Å². The fourth-order valence-electron chi connectivity index (χ4n) is 1.79. The van der Waals surface area contributed by atoms with E-state index in [2.05, 4.69) is 20.7 Å². The number of rotatable bonds is 4. The molecule has 0 saturated carbocycles. The summed E-state index contributed by atoms with van der Waals surface area (Å²) in [5, 5.41) is 0.802. The zero-order valence-corrected chi connectivity index (χ0v) is 12.0. The van der Waals surface area contributed by atoms with Crippen molar-refractivity contribution in [3.05, 3.63) is 65.2 Å². The SMILES string of the molecule is FC(F)(F)Oc1ccc(Cc2ccc(CBr)cc2)cc1. The molecule has 5 heteroatoms. The molecule has 2 aromatic carbocycles. The third-order valence-electron chi connectivity index (χ3n) is 2.74. The Morgan fingerprint density at radius 2 is 1.25 bits per heavy atom. The third-order valence-corrected chi connectivity index (χ3v) is 3.39. The summed E-state index contributed by atoms with van der Waals surface area (Å²) in [6.45, 7) is 0. The Kier molecular flexibility index (Phi) is 4.70. The highest BCUT2D eigenvalue weighted by Gasteiger charge is 2.30. The molecule has 0 spiro atoms. The highest BCUT2D eigenvalue weighted by atomic mass is 79.9. The summed E-state index contributed by atoms with van der Waals surface area (Å²) in [4.78, 5) is 0. The van der Waals surface area contributed by atoms with E-state index in [4.69, 9.17) is 0 Å². The quantitative estimate of drug-likeness (QED) is 0.703. The van der Waals surface area contributed by atoms with E-state index in [1.54, 1.807) is 12.1 Å². The van der Waals surface area contributed by atoms with Crippen molar-refractivity contribution >= 4 is 15.9 Å². The molecule has 0 saturated heterocycles. The summed E-state index contributed by atoms with van der Waals surface area (Å²) in [6, 6.07) is 14.0. The average molecular weight is 345 g/mol. The Hall–Kier alpha value is -1.49. The van der Waals surface area contributed by atoms with E-state index in [0.29, 0.717) is 6.42 Å². The van der Waals surface area contributed by atoms with Crippen LogP contribution in [-0.2, 0) is 11.8 Å². The largest absolute Gasteiger partial charge is 0.573 e. The molecule has 0 atom stereocenters. The fraction of sp³-hybridized carbons (Fsp3) is 0.200. The molecule has 0 aliphatic heterocycles. The van der Waals surface area contributed by atoms with Crippen LogP contribution >= 0.6 is 15.9 Å². The lowest BCUT2D eigenvalue weighted by Crippen LogP contribution is -2.17. The van der Waals surface area contributed by atoms with Crippen molar-refractivity contribution in [1.82, 2.24) is 0 Å². The van der Waals surface area contributed by atoms with Gasteiger partial charge in [-0.25, -0.2) is 0 Å². The van der Waals surface area contributed by atoms with Crippen molar-refractivity contribution in [2.24, 2.45) is 0 Å². The van der Waals surface area contributed by atoms with Crippen molar-refractivity contribution in [2.45, 2.75) is 18.1 Å². The molecule has 0 bridgehead atoms. The van der Waals surface area contributed by atoms with Crippen molar-refractivity contribution in [3.8, 4) is 5.75 Å². The zero-order chi connectivity index (χ0) is 14.6. The summed E-state index contributed by atoms with van der Waals surface area (Å²) in [6.07, 6.45) is -3.97. The first kappa shape index (κ1) is 14.9. The van der Waals surface area contributed by atoms with E-state index < -0.39 is 6.36 Å². The molecule has 106 valence electrons. The van der Waals surface area contributed by atoms with Crippen LogP contribution in [-0.4, -0.2) is 6.36 Å². The molecule has 0 aliphatic rings. The second kappa shape index (κ2) is 6.31. The van der Waals surface area contributed by atoms with Crippen LogP contribution in [0.5, 0.6) is 5.75 Å². The Morgan fingerprint density at radius 3 is 1.70 bits per heavy atom. The fourth-order valence-corrected chi connectivity index (χ4v) is 2.16. The lowest BCUT2D eigenvalue weighted by molar-refractivity contribution is -0.274. The van der Waals surface area contributed by atoms with Crippen molar-refractivity contribution in [2.75, 3.05) is 0 Å². The maximum atomic E-state index is 12.0. The molecule has 0 N–H and O–H groups in total. The van der Waals surface area contributed by atoms with E-state index in [1.807, 2.05) is 24.3 Å². The molecule has 0 heterocycles. The number of halogens is 4. The number of benzene rings is 2.